The summed E-state index contributed by atoms with van der Waals surface area (Å²) in [5, 5.41) is 9.69. The average Bonchev–Trinajstić information content (AvgIpc) is 2.74. The molecule has 2 fully saturated rings. The van der Waals surface area contributed by atoms with E-state index in [0.29, 0.717) is 11.8 Å². The van der Waals surface area contributed by atoms with Gasteiger partial charge in [-0.2, -0.15) is 0 Å². The van der Waals surface area contributed by atoms with Gasteiger partial charge in [0.05, 0.1) is 0 Å². The van der Waals surface area contributed by atoms with Crippen LogP contribution in [0.25, 0.3) is 0 Å². The van der Waals surface area contributed by atoms with Gasteiger partial charge < -0.3 is 10.0 Å². The average molecular weight is 277 g/mol. The Bertz CT molecular complexity index is 468. The Hall–Kier alpha value is -1.09. The van der Waals surface area contributed by atoms with Crippen molar-refractivity contribution in [3.8, 4) is 5.75 Å². The molecule has 1 N–H and O–H groups in total. The molecule has 2 nitrogen and oxygen atoms in total. The summed E-state index contributed by atoms with van der Waals surface area (Å²) in [7, 11) is 4.22. The van der Waals surface area contributed by atoms with Crippen LogP contribution in [-0.4, -0.2) is 30.6 Å². The van der Waals surface area contributed by atoms with Gasteiger partial charge in [0.15, 0.2) is 0 Å². The predicted molar refractivity (Wildman–Crippen MR) is 78.3 cm³/mol. The van der Waals surface area contributed by atoms with Crippen LogP contribution in [0.5, 0.6) is 5.75 Å². The first-order valence-corrected chi connectivity index (χ1v) is 7.67. The fourth-order valence-corrected chi connectivity index (χ4v) is 4.47. The van der Waals surface area contributed by atoms with E-state index >= 15 is 0 Å². The van der Waals surface area contributed by atoms with E-state index in [9.17, 15) is 9.50 Å². The summed E-state index contributed by atoms with van der Waals surface area (Å²) in [6, 6.07) is 4.58. The molecule has 0 radical (unpaired) electrons. The molecule has 4 atom stereocenters. The van der Waals surface area contributed by atoms with Gasteiger partial charge in [0, 0.05) is 12.6 Å². The first-order chi connectivity index (χ1) is 9.52. The van der Waals surface area contributed by atoms with Gasteiger partial charge in [0.1, 0.15) is 11.6 Å². The summed E-state index contributed by atoms with van der Waals surface area (Å²) in [4.78, 5) is 2.25. The number of rotatable bonds is 3. The van der Waals surface area contributed by atoms with E-state index in [1.54, 1.807) is 12.1 Å². The Morgan fingerprint density at radius 3 is 2.70 bits per heavy atom. The molecule has 0 aromatic heterocycles. The number of halogens is 1. The van der Waals surface area contributed by atoms with Crippen LogP contribution < -0.4 is 0 Å². The van der Waals surface area contributed by atoms with Crippen LogP contribution in [0.4, 0.5) is 4.39 Å². The highest BCUT2D eigenvalue weighted by molar-refractivity contribution is 5.32. The van der Waals surface area contributed by atoms with Gasteiger partial charge in [-0.3, -0.25) is 0 Å². The molecular weight excluding hydrogens is 253 g/mol. The Morgan fingerprint density at radius 1 is 1.20 bits per heavy atom. The second kappa shape index (κ2) is 5.36. The molecule has 2 aliphatic carbocycles. The van der Waals surface area contributed by atoms with Crippen LogP contribution in [-0.2, 0) is 0 Å². The van der Waals surface area contributed by atoms with Gasteiger partial charge in [0.25, 0.3) is 0 Å². The first kappa shape index (κ1) is 13.9. The SMILES string of the molecule is CN(C)C[C@H]1[C@@H]2CC[C@@H](C2)C[C@H]1c1cc(O)cc(F)c1. The lowest BCUT2D eigenvalue weighted by Crippen LogP contribution is -2.34. The summed E-state index contributed by atoms with van der Waals surface area (Å²) in [6.45, 7) is 1.05. The minimum Gasteiger partial charge on any atom is -0.508 e. The summed E-state index contributed by atoms with van der Waals surface area (Å²) in [6.07, 6.45) is 5.14. The van der Waals surface area contributed by atoms with Gasteiger partial charge in [-0.15, -0.1) is 0 Å². The number of hydrogen-bond donors (Lipinski definition) is 1. The highest BCUT2D eigenvalue weighted by Gasteiger charge is 2.42. The zero-order valence-corrected chi connectivity index (χ0v) is 12.3. The largest absolute Gasteiger partial charge is 0.508 e. The van der Waals surface area contributed by atoms with Gasteiger partial charge in [-0.05, 0) is 74.7 Å². The van der Waals surface area contributed by atoms with Gasteiger partial charge in [-0.25, -0.2) is 4.39 Å². The highest BCUT2D eigenvalue weighted by Crippen LogP contribution is 2.52. The fourth-order valence-electron chi connectivity index (χ4n) is 4.47. The smallest absolute Gasteiger partial charge is 0.127 e. The topological polar surface area (TPSA) is 23.5 Å². The number of benzene rings is 1. The molecule has 1 aromatic rings. The number of phenolic OH excluding ortho intramolecular Hbond substituents is 1. The van der Waals surface area contributed by atoms with Crippen LogP contribution in [0.1, 0.15) is 37.2 Å². The molecule has 0 saturated heterocycles. The van der Waals surface area contributed by atoms with Crippen molar-refractivity contribution in [2.75, 3.05) is 20.6 Å². The quantitative estimate of drug-likeness (QED) is 0.912. The number of fused-ring (bicyclic) bond motifs is 2. The van der Waals surface area contributed by atoms with E-state index in [4.69, 9.17) is 0 Å². The highest BCUT2D eigenvalue weighted by atomic mass is 19.1. The monoisotopic (exact) mass is 277 g/mol. The third kappa shape index (κ3) is 2.69. The van der Waals surface area contributed by atoms with Crippen molar-refractivity contribution < 1.29 is 9.50 Å². The molecule has 0 unspecified atom stereocenters. The van der Waals surface area contributed by atoms with Crippen molar-refractivity contribution in [1.29, 1.82) is 0 Å². The molecule has 20 heavy (non-hydrogen) atoms. The summed E-state index contributed by atoms with van der Waals surface area (Å²) < 4.78 is 13.6. The Morgan fingerprint density at radius 2 is 2.00 bits per heavy atom. The van der Waals surface area contributed by atoms with Crippen molar-refractivity contribution in [1.82, 2.24) is 4.90 Å². The molecule has 2 bridgehead atoms. The Balaban J connectivity index is 1.91. The van der Waals surface area contributed by atoms with E-state index in [1.807, 2.05) is 0 Å². The van der Waals surface area contributed by atoms with E-state index in [2.05, 4.69) is 19.0 Å². The molecule has 0 aliphatic heterocycles. The molecule has 0 amide bonds. The molecule has 2 saturated carbocycles. The second-order valence-electron chi connectivity index (χ2n) is 6.95. The van der Waals surface area contributed by atoms with Crippen molar-refractivity contribution in [3.05, 3.63) is 29.6 Å². The van der Waals surface area contributed by atoms with Gasteiger partial charge in [0.2, 0.25) is 0 Å². The number of phenols is 1. The zero-order valence-electron chi connectivity index (χ0n) is 12.3. The van der Waals surface area contributed by atoms with Crippen LogP contribution in [0, 0.1) is 23.6 Å². The van der Waals surface area contributed by atoms with Crippen molar-refractivity contribution in [2.45, 2.75) is 31.6 Å². The predicted octanol–water partition coefficient (Wildman–Crippen LogP) is 3.61. The minimum atomic E-state index is -0.318. The summed E-state index contributed by atoms with van der Waals surface area (Å²) in [5.74, 6) is 2.29. The van der Waals surface area contributed by atoms with Crippen LogP contribution in [0.2, 0.25) is 0 Å². The van der Waals surface area contributed by atoms with Crippen molar-refractivity contribution in [2.24, 2.45) is 17.8 Å². The molecular formula is C17H24FNO. The molecule has 3 heteroatoms. The Kier molecular flexibility index (Phi) is 3.72. The van der Waals surface area contributed by atoms with E-state index < -0.39 is 0 Å². The summed E-state index contributed by atoms with van der Waals surface area (Å²) >= 11 is 0. The molecule has 3 rings (SSSR count). The lowest BCUT2D eigenvalue weighted by molar-refractivity contribution is 0.164. The molecule has 1 aromatic carbocycles. The minimum absolute atomic E-state index is 0.0570. The van der Waals surface area contributed by atoms with Crippen LogP contribution >= 0.6 is 0 Å². The zero-order chi connectivity index (χ0) is 14.3. The van der Waals surface area contributed by atoms with Gasteiger partial charge in [-0.1, -0.05) is 6.42 Å². The Labute approximate surface area is 120 Å². The lowest BCUT2D eigenvalue weighted by atomic mass is 9.69. The maximum atomic E-state index is 13.6. The number of nitrogens with zero attached hydrogens (tertiary/aromatic N) is 1. The molecule has 0 heterocycles. The number of aromatic hydroxyl groups is 1. The number of hydrogen-bond acceptors (Lipinski definition) is 2. The molecule has 110 valence electrons. The fraction of sp³-hybridized carbons (Fsp3) is 0.647. The summed E-state index contributed by atoms with van der Waals surface area (Å²) in [5.41, 5.74) is 0.992. The standard InChI is InChI=1S/C17H24FNO/c1-19(2)10-17-12-4-3-11(5-12)6-16(17)13-7-14(18)9-15(20)8-13/h7-9,11-12,16-17,20H,3-6,10H2,1-2H3/t11-,12+,16-,17-/m0/s1. The maximum Gasteiger partial charge on any atom is 0.127 e. The molecule has 2 aliphatic rings. The maximum absolute atomic E-state index is 13.6. The van der Waals surface area contributed by atoms with Crippen molar-refractivity contribution in [3.63, 3.8) is 0 Å². The second-order valence-corrected chi connectivity index (χ2v) is 6.95. The lowest BCUT2D eigenvalue weighted by Gasteiger charge is -2.38. The first-order valence-electron chi connectivity index (χ1n) is 7.67. The van der Waals surface area contributed by atoms with Crippen LogP contribution in [0.15, 0.2) is 18.2 Å². The van der Waals surface area contributed by atoms with E-state index in [0.717, 1.165) is 30.4 Å². The van der Waals surface area contributed by atoms with Crippen LogP contribution in [0.3, 0.4) is 0 Å². The van der Waals surface area contributed by atoms with E-state index in [-0.39, 0.29) is 11.6 Å². The van der Waals surface area contributed by atoms with Gasteiger partial charge >= 0.3 is 0 Å². The normalized spacial score (nSPS) is 32.8. The molecule has 0 spiro atoms. The third-order valence-electron chi connectivity index (χ3n) is 5.20. The third-order valence-corrected chi connectivity index (χ3v) is 5.20. The van der Waals surface area contributed by atoms with Crippen molar-refractivity contribution >= 4 is 0 Å². The van der Waals surface area contributed by atoms with E-state index in [1.165, 1.54) is 25.3 Å².